The van der Waals surface area contributed by atoms with Crippen LogP contribution >= 0.6 is 0 Å². The number of aromatic nitrogens is 2. The molecule has 0 radical (unpaired) electrons. The van der Waals surface area contributed by atoms with Crippen LogP contribution in [0, 0.1) is 0 Å². The molecular weight excluding hydrogens is 378 g/mol. The summed E-state index contributed by atoms with van der Waals surface area (Å²) >= 11 is 0. The highest BCUT2D eigenvalue weighted by molar-refractivity contribution is 5.91. The standard InChI is InChI=1S/C23H27N5O2/c1-26-11-13-27(14-12-26)20-4-2-3-18(15-20)9-10-28-17-24-21-16-19(5-7-22(21)28)6-8-23(29)25-30/h2-8,15-17,30H,9-14H2,1H3,(H,25,29). The highest BCUT2D eigenvalue weighted by Gasteiger charge is 2.14. The molecule has 0 aliphatic carbocycles. The molecule has 7 nitrogen and oxygen atoms in total. The van der Waals surface area contributed by atoms with Crippen molar-refractivity contribution in [2.75, 3.05) is 38.1 Å². The van der Waals surface area contributed by atoms with Crippen LogP contribution in [-0.2, 0) is 17.8 Å². The third-order valence-electron chi connectivity index (χ3n) is 5.60. The Morgan fingerprint density at radius 3 is 2.80 bits per heavy atom. The zero-order valence-corrected chi connectivity index (χ0v) is 17.2. The van der Waals surface area contributed by atoms with Gasteiger partial charge in [0, 0.05) is 44.5 Å². The Kier molecular flexibility index (Phi) is 6.11. The quantitative estimate of drug-likeness (QED) is 0.375. The molecule has 2 aromatic carbocycles. The first-order valence-corrected chi connectivity index (χ1v) is 10.2. The van der Waals surface area contributed by atoms with E-state index < -0.39 is 5.91 Å². The SMILES string of the molecule is CN1CCN(c2cccc(CCn3cnc4cc(C=CC(=O)NO)ccc43)c2)CC1. The van der Waals surface area contributed by atoms with Gasteiger partial charge in [0.05, 0.1) is 17.4 Å². The van der Waals surface area contributed by atoms with Crippen LogP contribution in [0.25, 0.3) is 17.1 Å². The fourth-order valence-corrected chi connectivity index (χ4v) is 3.79. The minimum Gasteiger partial charge on any atom is -0.369 e. The molecule has 1 aliphatic rings. The van der Waals surface area contributed by atoms with Crippen molar-refractivity contribution in [3.63, 3.8) is 0 Å². The van der Waals surface area contributed by atoms with Crippen molar-refractivity contribution in [1.82, 2.24) is 19.9 Å². The number of likely N-dealkylation sites (N-methyl/N-ethyl adjacent to an activating group) is 1. The molecular formula is C23H27N5O2. The van der Waals surface area contributed by atoms with Crippen LogP contribution in [0.1, 0.15) is 11.1 Å². The molecule has 1 fully saturated rings. The fraction of sp³-hybridized carbons (Fsp3) is 0.304. The van der Waals surface area contributed by atoms with Gasteiger partial charge in [-0.2, -0.15) is 0 Å². The molecule has 0 atom stereocenters. The lowest BCUT2D eigenvalue weighted by Gasteiger charge is -2.34. The number of aryl methyl sites for hydroxylation is 2. The van der Waals surface area contributed by atoms with Crippen molar-refractivity contribution in [1.29, 1.82) is 0 Å². The number of hydrogen-bond acceptors (Lipinski definition) is 5. The number of nitrogens with zero attached hydrogens (tertiary/aromatic N) is 4. The lowest BCUT2D eigenvalue weighted by atomic mass is 10.1. The number of hydroxylamine groups is 1. The maximum Gasteiger partial charge on any atom is 0.267 e. The summed E-state index contributed by atoms with van der Waals surface area (Å²) in [5.74, 6) is -0.556. The summed E-state index contributed by atoms with van der Waals surface area (Å²) in [7, 11) is 2.17. The zero-order valence-electron chi connectivity index (χ0n) is 17.2. The predicted molar refractivity (Wildman–Crippen MR) is 119 cm³/mol. The third-order valence-corrected chi connectivity index (χ3v) is 5.60. The third kappa shape index (κ3) is 4.69. The number of hydrogen-bond donors (Lipinski definition) is 2. The molecule has 4 rings (SSSR count). The van der Waals surface area contributed by atoms with Crippen molar-refractivity contribution >= 4 is 28.7 Å². The summed E-state index contributed by atoms with van der Waals surface area (Å²) in [6.07, 6.45) is 5.73. The second-order valence-electron chi connectivity index (χ2n) is 7.71. The second kappa shape index (κ2) is 9.11. The van der Waals surface area contributed by atoms with Crippen LogP contribution < -0.4 is 10.4 Å². The van der Waals surface area contributed by atoms with Gasteiger partial charge >= 0.3 is 0 Å². The van der Waals surface area contributed by atoms with Gasteiger partial charge in [-0.3, -0.25) is 10.0 Å². The molecule has 2 heterocycles. The lowest BCUT2D eigenvalue weighted by molar-refractivity contribution is -0.124. The van der Waals surface area contributed by atoms with Gasteiger partial charge < -0.3 is 14.4 Å². The summed E-state index contributed by atoms with van der Waals surface area (Å²) in [5, 5.41) is 8.57. The number of fused-ring (bicyclic) bond motifs is 1. The second-order valence-corrected chi connectivity index (χ2v) is 7.71. The maximum atomic E-state index is 11.1. The van der Waals surface area contributed by atoms with Gasteiger partial charge in [-0.15, -0.1) is 0 Å². The highest BCUT2D eigenvalue weighted by atomic mass is 16.5. The minimum absolute atomic E-state index is 0.556. The average molecular weight is 406 g/mol. The van der Waals surface area contributed by atoms with Gasteiger partial charge in [-0.05, 0) is 54.9 Å². The van der Waals surface area contributed by atoms with Gasteiger partial charge in [0.15, 0.2) is 0 Å². The Morgan fingerprint density at radius 1 is 1.17 bits per heavy atom. The van der Waals surface area contributed by atoms with E-state index >= 15 is 0 Å². The van der Waals surface area contributed by atoms with E-state index in [1.807, 2.05) is 24.5 Å². The molecule has 1 aromatic heterocycles. The number of carbonyl (C=O) groups excluding carboxylic acids is 1. The Labute approximate surface area is 176 Å². The molecule has 0 saturated carbocycles. The average Bonchev–Trinajstić information content (AvgIpc) is 3.19. The molecule has 7 heteroatoms. The van der Waals surface area contributed by atoms with E-state index in [2.05, 4.69) is 50.7 Å². The van der Waals surface area contributed by atoms with Crippen LogP contribution in [0.3, 0.4) is 0 Å². The number of carbonyl (C=O) groups is 1. The topological polar surface area (TPSA) is 73.6 Å². The number of amides is 1. The first kappa shape index (κ1) is 20.1. The van der Waals surface area contributed by atoms with Crippen molar-refractivity contribution in [3.05, 3.63) is 66.0 Å². The first-order chi connectivity index (χ1) is 14.6. The Balaban J connectivity index is 1.43. The number of rotatable bonds is 6. The number of nitrogens with one attached hydrogen (secondary N) is 1. The van der Waals surface area contributed by atoms with Gasteiger partial charge in [-0.25, -0.2) is 10.5 Å². The minimum atomic E-state index is -0.556. The number of piperazine rings is 1. The van der Waals surface area contributed by atoms with Crippen LogP contribution in [0.4, 0.5) is 5.69 Å². The number of imidazole rings is 1. The van der Waals surface area contributed by atoms with E-state index in [1.54, 1.807) is 11.6 Å². The van der Waals surface area contributed by atoms with Crippen molar-refractivity contribution < 1.29 is 10.0 Å². The number of benzene rings is 2. The molecule has 0 spiro atoms. The molecule has 156 valence electrons. The molecule has 1 aliphatic heterocycles. The summed E-state index contributed by atoms with van der Waals surface area (Å²) in [6, 6.07) is 14.7. The first-order valence-electron chi connectivity index (χ1n) is 10.2. The smallest absolute Gasteiger partial charge is 0.267 e. The summed E-state index contributed by atoms with van der Waals surface area (Å²) in [4.78, 5) is 20.5. The van der Waals surface area contributed by atoms with Crippen LogP contribution in [0.15, 0.2) is 54.9 Å². The van der Waals surface area contributed by atoms with E-state index in [-0.39, 0.29) is 0 Å². The Morgan fingerprint density at radius 2 is 2.00 bits per heavy atom. The van der Waals surface area contributed by atoms with Gasteiger partial charge in [0.2, 0.25) is 0 Å². The van der Waals surface area contributed by atoms with Crippen LogP contribution in [-0.4, -0.2) is 58.8 Å². The zero-order chi connectivity index (χ0) is 20.9. The number of anilines is 1. The molecule has 3 aromatic rings. The molecule has 30 heavy (non-hydrogen) atoms. The monoisotopic (exact) mass is 405 g/mol. The van der Waals surface area contributed by atoms with Crippen molar-refractivity contribution in [2.45, 2.75) is 13.0 Å². The molecule has 0 bridgehead atoms. The Hall–Kier alpha value is -3.16. The molecule has 0 unspecified atom stereocenters. The molecule has 1 saturated heterocycles. The van der Waals surface area contributed by atoms with E-state index in [4.69, 9.17) is 5.21 Å². The lowest BCUT2D eigenvalue weighted by Crippen LogP contribution is -2.44. The van der Waals surface area contributed by atoms with E-state index in [0.717, 1.165) is 55.7 Å². The maximum absolute atomic E-state index is 11.1. The molecule has 1 amide bonds. The van der Waals surface area contributed by atoms with E-state index in [0.29, 0.717) is 0 Å². The summed E-state index contributed by atoms with van der Waals surface area (Å²) < 4.78 is 2.16. The summed E-state index contributed by atoms with van der Waals surface area (Å²) in [5.41, 5.74) is 7.02. The summed E-state index contributed by atoms with van der Waals surface area (Å²) in [6.45, 7) is 5.21. The van der Waals surface area contributed by atoms with Gasteiger partial charge in [0.25, 0.3) is 5.91 Å². The highest BCUT2D eigenvalue weighted by Crippen LogP contribution is 2.20. The largest absolute Gasteiger partial charge is 0.369 e. The van der Waals surface area contributed by atoms with Crippen molar-refractivity contribution in [3.8, 4) is 0 Å². The van der Waals surface area contributed by atoms with E-state index in [1.165, 1.54) is 17.3 Å². The molecule has 2 N–H and O–H groups in total. The van der Waals surface area contributed by atoms with Crippen molar-refractivity contribution in [2.24, 2.45) is 0 Å². The van der Waals surface area contributed by atoms with Crippen LogP contribution in [0.5, 0.6) is 0 Å². The van der Waals surface area contributed by atoms with Gasteiger partial charge in [-0.1, -0.05) is 18.2 Å². The normalized spacial score (nSPS) is 15.2. The van der Waals surface area contributed by atoms with E-state index in [9.17, 15) is 4.79 Å². The van der Waals surface area contributed by atoms with Crippen LogP contribution in [0.2, 0.25) is 0 Å². The fourth-order valence-electron chi connectivity index (χ4n) is 3.79. The predicted octanol–water partition coefficient (Wildman–Crippen LogP) is 2.55. The van der Waals surface area contributed by atoms with Gasteiger partial charge in [0.1, 0.15) is 0 Å². The Bertz CT molecular complexity index is 1050.